The topological polar surface area (TPSA) is 50.4 Å². The Labute approximate surface area is 126 Å². The van der Waals surface area contributed by atoms with Gasteiger partial charge in [-0.05, 0) is 45.4 Å². The first-order valence-corrected chi connectivity index (χ1v) is 6.96. The summed E-state index contributed by atoms with van der Waals surface area (Å²) in [5.74, 6) is 0.618. The van der Waals surface area contributed by atoms with Crippen molar-refractivity contribution in [2.24, 2.45) is 0 Å². The summed E-state index contributed by atoms with van der Waals surface area (Å²) in [6.45, 7) is 5.59. The van der Waals surface area contributed by atoms with Crippen LogP contribution in [-0.4, -0.2) is 31.1 Å². The molecule has 1 heterocycles. The van der Waals surface area contributed by atoms with Gasteiger partial charge in [0.15, 0.2) is 0 Å². The molecular weight excluding hydrogens is 276 g/mol. The fraction of sp³-hybridized carbons (Fsp3) is 0.533. The van der Waals surface area contributed by atoms with Gasteiger partial charge in [0, 0.05) is 12.1 Å². The number of ether oxygens (including phenoxy) is 1. The Hall–Kier alpha value is -1.26. The van der Waals surface area contributed by atoms with Crippen LogP contribution < -0.4 is 15.4 Å². The lowest BCUT2D eigenvalue weighted by Crippen LogP contribution is -2.46. The van der Waals surface area contributed by atoms with Crippen LogP contribution in [0.4, 0.5) is 0 Å². The van der Waals surface area contributed by atoms with E-state index in [1.54, 1.807) is 0 Å². The maximum atomic E-state index is 12.3. The van der Waals surface area contributed by atoms with Crippen LogP contribution in [0.1, 0.15) is 37.0 Å². The van der Waals surface area contributed by atoms with Gasteiger partial charge in [-0.3, -0.25) is 4.79 Å². The van der Waals surface area contributed by atoms with Crippen LogP contribution >= 0.6 is 12.4 Å². The van der Waals surface area contributed by atoms with Crippen molar-refractivity contribution < 1.29 is 9.53 Å². The maximum absolute atomic E-state index is 12.3. The fourth-order valence-electron chi connectivity index (χ4n) is 2.46. The average Bonchev–Trinajstić information content (AvgIpc) is 2.39. The molecule has 1 saturated heterocycles. The van der Waals surface area contributed by atoms with Crippen LogP contribution in [0.2, 0.25) is 0 Å². The third-order valence-corrected chi connectivity index (χ3v) is 3.39. The Morgan fingerprint density at radius 2 is 2.20 bits per heavy atom. The highest BCUT2D eigenvalue weighted by molar-refractivity contribution is 5.97. The quantitative estimate of drug-likeness (QED) is 0.897. The number of nitrogens with one attached hydrogen (secondary N) is 2. The zero-order valence-electron chi connectivity index (χ0n) is 12.0. The van der Waals surface area contributed by atoms with Gasteiger partial charge in [-0.15, -0.1) is 12.4 Å². The van der Waals surface area contributed by atoms with Gasteiger partial charge in [-0.1, -0.05) is 12.1 Å². The number of para-hydroxylation sites is 1. The third kappa shape index (κ3) is 4.39. The highest BCUT2D eigenvalue weighted by Gasteiger charge is 2.21. The second kappa shape index (κ2) is 8.12. The van der Waals surface area contributed by atoms with Gasteiger partial charge in [0.1, 0.15) is 5.75 Å². The number of piperidine rings is 1. The van der Waals surface area contributed by atoms with Crippen LogP contribution in [-0.2, 0) is 0 Å². The molecule has 20 heavy (non-hydrogen) atoms. The first-order valence-electron chi connectivity index (χ1n) is 6.96. The molecule has 1 aliphatic rings. The highest BCUT2D eigenvalue weighted by Crippen LogP contribution is 2.18. The van der Waals surface area contributed by atoms with E-state index in [0.717, 1.165) is 19.4 Å². The summed E-state index contributed by atoms with van der Waals surface area (Å²) in [7, 11) is 0. The van der Waals surface area contributed by atoms with Gasteiger partial charge in [-0.2, -0.15) is 0 Å². The van der Waals surface area contributed by atoms with E-state index < -0.39 is 0 Å². The van der Waals surface area contributed by atoms with E-state index in [4.69, 9.17) is 4.74 Å². The minimum Gasteiger partial charge on any atom is -0.493 e. The number of carbonyl (C=O) groups is 1. The van der Waals surface area contributed by atoms with E-state index >= 15 is 0 Å². The Balaban J connectivity index is 0.00000200. The highest BCUT2D eigenvalue weighted by atomic mass is 35.5. The molecule has 2 N–H and O–H groups in total. The molecule has 2 unspecified atom stereocenters. The molecule has 0 aromatic heterocycles. The Morgan fingerprint density at radius 3 is 2.90 bits per heavy atom. The summed E-state index contributed by atoms with van der Waals surface area (Å²) >= 11 is 0. The minimum absolute atomic E-state index is 0. The predicted molar refractivity (Wildman–Crippen MR) is 82.8 cm³/mol. The molecule has 1 aromatic rings. The first-order chi connectivity index (χ1) is 9.20. The van der Waals surface area contributed by atoms with Gasteiger partial charge >= 0.3 is 0 Å². The third-order valence-electron chi connectivity index (χ3n) is 3.39. The summed E-state index contributed by atoms with van der Waals surface area (Å²) in [6.07, 6.45) is 1.95. The molecule has 4 nitrogen and oxygen atoms in total. The van der Waals surface area contributed by atoms with Crippen molar-refractivity contribution in [3.8, 4) is 5.75 Å². The van der Waals surface area contributed by atoms with Gasteiger partial charge in [0.2, 0.25) is 0 Å². The number of carbonyl (C=O) groups excluding carboxylic acids is 1. The molecule has 1 aromatic carbocycles. The smallest absolute Gasteiger partial charge is 0.255 e. The number of hydrogen-bond acceptors (Lipinski definition) is 3. The summed E-state index contributed by atoms with van der Waals surface area (Å²) in [6, 6.07) is 8.10. The lowest BCUT2D eigenvalue weighted by Gasteiger charge is -2.28. The molecule has 0 bridgehead atoms. The SMILES string of the molecule is CCOc1ccccc1C(=O)NC1CCNC(C)C1.Cl. The fourth-order valence-corrected chi connectivity index (χ4v) is 2.46. The second-order valence-electron chi connectivity index (χ2n) is 4.98. The molecule has 0 spiro atoms. The zero-order valence-corrected chi connectivity index (χ0v) is 12.8. The summed E-state index contributed by atoms with van der Waals surface area (Å²) in [5, 5.41) is 6.49. The summed E-state index contributed by atoms with van der Waals surface area (Å²) < 4.78 is 5.50. The largest absolute Gasteiger partial charge is 0.493 e. The maximum Gasteiger partial charge on any atom is 0.255 e. The van der Waals surface area contributed by atoms with E-state index in [9.17, 15) is 4.79 Å². The molecule has 0 saturated carbocycles. The number of hydrogen-bond donors (Lipinski definition) is 2. The van der Waals surface area contributed by atoms with Gasteiger partial charge in [0.25, 0.3) is 5.91 Å². The standard InChI is InChI=1S/C15H22N2O2.ClH/c1-3-19-14-7-5-4-6-13(14)15(18)17-12-8-9-16-11(2)10-12;/h4-7,11-12,16H,3,8-10H2,1-2H3,(H,17,18);1H. The number of benzene rings is 1. The lowest BCUT2D eigenvalue weighted by molar-refractivity contribution is 0.0922. The van der Waals surface area contributed by atoms with E-state index in [-0.39, 0.29) is 24.4 Å². The first kappa shape index (κ1) is 16.8. The van der Waals surface area contributed by atoms with Crippen molar-refractivity contribution in [2.45, 2.75) is 38.8 Å². The molecular formula is C15H23ClN2O2. The van der Waals surface area contributed by atoms with Crippen molar-refractivity contribution in [3.05, 3.63) is 29.8 Å². The zero-order chi connectivity index (χ0) is 13.7. The summed E-state index contributed by atoms with van der Waals surface area (Å²) in [5.41, 5.74) is 0.621. The van der Waals surface area contributed by atoms with Crippen molar-refractivity contribution in [2.75, 3.05) is 13.2 Å². The molecule has 2 atom stereocenters. The Morgan fingerprint density at radius 1 is 1.45 bits per heavy atom. The van der Waals surface area contributed by atoms with E-state index in [0.29, 0.717) is 24.0 Å². The number of rotatable bonds is 4. The average molecular weight is 299 g/mol. The van der Waals surface area contributed by atoms with Crippen LogP contribution in [0.3, 0.4) is 0 Å². The summed E-state index contributed by atoms with van der Waals surface area (Å²) in [4.78, 5) is 12.3. The predicted octanol–water partition coefficient (Wildman–Crippen LogP) is 2.38. The van der Waals surface area contributed by atoms with E-state index in [1.807, 2.05) is 31.2 Å². The van der Waals surface area contributed by atoms with Crippen LogP contribution in [0.5, 0.6) is 5.75 Å². The van der Waals surface area contributed by atoms with Crippen LogP contribution in [0, 0.1) is 0 Å². The van der Waals surface area contributed by atoms with E-state index in [1.165, 1.54) is 0 Å². The molecule has 112 valence electrons. The van der Waals surface area contributed by atoms with Gasteiger partial charge < -0.3 is 15.4 Å². The normalized spacial score (nSPS) is 21.7. The lowest BCUT2D eigenvalue weighted by atomic mass is 10.00. The minimum atomic E-state index is -0.0387. The van der Waals surface area contributed by atoms with E-state index in [2.05, 4.69) is 17.6 Å². The van der Waals surface area contributed by atoms with Crippen molar-refractivity contribution >= 4 is 18.3 Å². The molecule has 1 amide bonds. The number of amides is 1. The number of halogens is 1. The Bertz CT molecular complexity index is 440. The molecule has 1 aliphatic heterocycles. The van der Waals surface area contributed by atoms with Crippen molar-refractivity contribution in [3.63, 3.8) is 0 Å². The monoisotopic (exact) mass is 298 g/mol. The van der Waals surface area contributed by atoms with Gasteiger partial charge in [-0.25, -0.2) is 0 Å². The van der Waals surface area contributed by atoms with Gasteiger partial charge in [0.05, 0.1) is 12.2 Å². The molecule has 1 fully saturated rings. The molecule has 0 aliphatic carbocycles. The second-order valence-corrected chi connectivity index (χ2v) is 4.98. The van der Waals surface area contributed by atoms with Crippen molar-refractivity contribution in [1.82, 2.24) is 10.6 Å². The van der Waals surface area contributed by atoms with Crippen LogP contribution in [0.25, 0.3) is 0 Å². The molecule has 5 heteroatoms. The van der Waals surface area contributed by atoms with Crippen molar-refractivity contribution in [1.29, 1.82) is 0 Å². The Kier molecular flexibility index (Phi) is 6.82. The van der Waals surface area contributed by atoms with Crippen LogP contribution in [0.15, 0.2) is 24.3 Å². The molecule has 2 rings (SSSR count). The molecule has 0 radical (unpaired) electrons.